The van der Waals surface area contributed by atoms with Crippen LogP contribution in [0.5, 0.6) is 0 Å². The van der Waals surface area contributed by atoms with E-state index in [0.29, 0.717) is 29.5 Å². The second kappa shape index (κ2) is 9.21. The molecule has 2 aromatic carbocycles. The summed E-state index contributed by atoms with van der Waals surface area (Å²) in [7, 11) is -3.55. The molecule has 8 heteroatoms. The highest BCUT2D eigenvalue weighted by Crippen LogP contribution is 2.23. The average molecular weight is 410 g/mol. The van der Waals surface area contributed by atoms with E-state index < -0.39 is 10.0 Å². The van der Waals surface area contributed by atoms with E-state index in [-0.39, 0.29) is 17.3 Å². The van der Waals surface area contributed by atoms with Crippen molar-refractivity contribution in [1.82, 2.24) is 4.31 Å². The van der Waals surface area contributed by atoms with Crippen LogP contribution in [0.1, 0.15) is 19.4 Å². The lowest BCUT2D eigenvalue weighted by atomic mass is 10.2. The highest BCUT2D eigenvalue weighted by atomic mass is 35.5. The van der Waals surface area contributed by atoms with Crippen molar-refractivity contribution in [1.29, 1.82) is 0 Å². The first-order chi connectivity index (χ1) is 12.8. The molecule has 2 N–H and O–H groups in total. The molecule has 0 saturated heterocycles. The summed E-state index contributed by atoms with van der Waals surface area (Å²) in [4.78, 5) is 12.3. The Labute approximate surface area is 165 Å². The third-order valence-corrected chi connectivity index (χ3v) is 6.39. The second-order valence-corrected chi connectivity index (χ2v) is 8.35. The number of nitrogens with zero attached hydrogens (tertiary/aromatic N) is 1. The molecule has 0 bridgehead atoms. The maximum Gasteiger partial charge on any atom is 0.243 e. The minimum absolute atomic E-state index is 0.0149. The monoisotopic (exact) mass is 409 g/mol. The summed E-state index contributed by atoms with van der Waals surface area (Å²) >= 11 is 6.11. The summed E-state index contributed by atoms with van der Waals surface area (Å²) in [6.45, 7) is 6.29. The van der Waals surface area contributed by atoms with E-state index in [1.165, 1.54) is 10.4 Å². The van der Waals surface area contributed by atoms with Crippen molar-refractivity contribution in [2.24, 2.45) is 0 Å². The van der Waals surface area contributed by atoms with Gasteiger partial charge in [0, 0.05) is 18.8 Å². The molecule has 0 aliphatic heterocycles. The summed E-state index contributed by atoms with van der Waals surface area (Å²) in [5, 5.41) is 6.14. The number of carbonyl (C=O) groups is 1. The normalized spacial score (nSPS) is 11.4. The van der Waals surface area contributed by atoms with E-state index in [1.807, 2.05) is 13.0 Å². The van der Waals surface area contributed by atoms with Gasteiger partial charge in [0.05, 0.1) is 22.2 Å². The lowest BCUT2D eigenvalue weighted by Crippen LogP contribution is -2.30. The quantitative estimate of drug-likeness (QED) is 0.696. The molecule has 0 aliphatic rings. The van der Waals surface area contributed by atoms with E-state index in [9.17, 15) is 13.2 Å². The van der Waals surface area contributed by atoms with Crippen LogP contribution in [0.25, 0.3) is 0 Å². The molecule has 1 amide bonds. The first kappa shape index (κ1) is 21.2. The Hall–Kier alpha value is -2.09. The van der Waals surface area contributed by atoms with Crippen molar-refractivity contribution in [3.63, 3.8) is 0 Å². The minimum atomic E-state index is -3.55. The molecule has 0 spiro atoms. The van der Waals surface area contributed by atoms with Crippen LogP contribution >= 0.6 is 11.6 Å². The summed E-state index contributed by atoms with van der Waals surface area (Å²) in [6, 6.07) is 11.8. The van der Waals surface area contributed by atoms with Gasteiger partial charge in [-0.25, -0.2) is 8.42 Å². The molecule has 0 aromatic heterocycles. The van der Waals surface area contributed by atoms with Gasteiger partial charge in [0.2, 0.25) is 15.9 Å². The molecule has 2 rings (SSSR count). The van der Waals surface area contributed by atoms with Crippen LogP contribution < -0.4 is 10.6 Å². The smallest absolute Gasteiger partial charge is 0.243 e. The van der Waals surface area contributed by atoms with Crippen molar-refractivity contribution >= 4 is 38.9 Å². The highest BCUT2D eigenvalue weighted by Gasteiger charge is 2.21. The Balaban J connectivity index is 2.05. The van der Waals surface area contributed by atoms with E-state index in [1.54, 1.807) is 44.2 Å². The summed E-state index contributed by atoms with van der Waals surface area (Å²) in [5.74, 6) is -0.280. The number of rotatable bonds is 8. The van der Waals surface area contributed by atoms with Gasteiger partial charge in [-0.3, -0.25) is 4.79 Å². The van der Waals surface area contributed by atoms with Gasteiger partial charge in [0.1, 0.15) is 0 Å². The van der Waals surface area contributed by atoms with Gasteiger partial charge in [-0.1, -0.05) is 37.6 Å². The van der Waals surface area contributed by atoms with Crippen molar-refractivity contribution in [2.75, 3.05) is 30.3 Å². The fraction of sp³-hybridized carbons (Fsp3) is 0.316. The third kappa shape index (κ3) is 5.45. The van der Waals surface area contributed by atoms with Crippen LogP contribution in [0.15, 0.2) is 47.4 Å². The number of amides is 1. The Morgan fingerprint density at radius 3 is 2.44 bits per heavy atom. The van der Waals surface area contributed by atoms with Gasteiger partial charge in [-0.05, 0) is 42.8 Å². The van der Waals surface area contributed by atoms with Crippen LogP contribution in [0, 0.1) is 6.92 Å². The van der Waals surface area contributed by atoms with Gasteiger partial charge in [-0.2, -0.15) is 4.31 Å². The molecule has 0 fully saturated rings. The Morgan fingerprint density at radius 1 is 1.11 bits per heavy atom. The standard InChI is InChI=1S/C19H24ClN3O3S/c1-4-23(5-2)27(25,26)16-8-6-7-15(12-16)21-13-19(24)22-18-10-9-14(3)11-17(18)20/h6-12,21H,4-5,13H2,1-3H3,(H,22,24). The first-order valence-corrected chi connectivity index (χ1v) is 10.5. The molecule has 0 unspecified atom stereocenters. The zero-order chi connectivity index (χ0) is 20.0. The van der Waals surface area contributed by atoms with Gasteiger partial charge in [-0.15, -0.1) is 0 Å². The number of benzene rings is 2. The van der Waals surface area contributed by atoms with Crippen LogP contribution in [0.3, 0.4) is 0 Å². The zero-order valence-corrected chi connectivity index (χ0v) is 17.2. The number of sulfonamides is 1. The summed E-state index contributed by atoms with van der Waals surface area (Å²) < 4.78 is 26.6. The Bertz CT molecular complexity index is 912. The van der Waals surface area contributed by atoms with Crippen molar-refractivity contribution in [3.8, 4) is 0 Å². The lowest BCUT2D eigenvalue weighted by molar-refractivity contribution is -0.114. The fourth-order valence-corrected chi connectivity index (χ4v) is 4.36. The molecule has 0 radical (unpaired) electrons. The largest absolute Gasteiger partial charge is 0.376 e. The Morgan fingerprint density at radius 2 is 1.81 bits per heavy atom. The van der Waals surface area contributed by atoms with Crippen LogP contribution in [-0.2, 0) is 14.8 Å². The van der Waals surface area contributed by atoms with Crippen LogP contribution in [0.2, 0.25) is 5.02 Å². The minimum Gasteiger partial charge on any atom is -0.376 e. The molecule has 0 aliphatic carbocycles. The third-order valence-electron chi connectivity index (χ3n) is 4.03. The number of hydrogen-bond acceptors (Lipinski definition) is 4. The molecule has 0 heterocycles. The van der Waals surface area contributed by atoms with Crippen LogP contribution in [0.4, 0.5) is 11.4 Å². The molecular weight excluding hydrogens is 386 g/mol. The number of nitrogens with one attached hydrogen (secondary N) is 2. The number of hydrogen-bond donors (Lipinski definition) is 2. The fourth-order valence-electron chi connectivity index (χ4n) is 2.58. The van der Waals surface area contributed by atoms with Gasteiger partial charge in [0.25, 0.3) is 0 Å². The second-order valence-electron chi connectivity index (χ2n) is 6.00. The van der Waals surface area contributed by atoms with Crippen molar-refractivity contribution < 1.29 is 13.2 Å². The number of carbonyl (C=O) groups excluding carboxylic acids is 1. The SMILES string of the molecule is CCN(CC)S(=O)(=O)c1cccc(NCC(=O)Nc2ccc(C)cc2Cl)c1. The van der Waals surface area contributed by atoms with Gasteiger partial charge < -0.3 is 10.6 Å². The van der Waals surface area contributed by atoms with Crippen molar-refractivity contribution in [2.45, 2.75) is 25.7 Å². The highest BCUT2D eigenvalue weighted by molar-refractivity contribution is 7.89. The first-order valence-electron chi connectivity index (χ1n) is 8.68. The Kier molecular flexibility index (Phi) is 7.24. The molecule has 0 saturated carbocycles. The number of anilines is 2. The van der Waals surface area contributed by atoms with Gasteiger partial charge in [0.15, 0.2) is 0 Å². The molecule has 0 atom stereocenters. The van der Waals surface area contributed by atoms with Crippen LogP contribution in [-0.4, -0.2) is 38.3 Å². The molecule has 27 heavy (non-hydrogen) atoms. The summed E-state index contributed by atoms with van der Waals surface area (Å²) in [5.41, 5.74) is 2.09. The molecule has 2 aromatic rings. The predicted molar refractivity (Wildman–Crippen MR) is 110 cm³/mol. The van der Waals surface area contributed by atoms with E-state index in [4.69, 9.17) is 11.6 Å². The topological polar surface area (TPSA) is 78.5 Å². The lowest BCUT2D eigenvalue weighted by Gasteiger charge is -2.19. The van der Waals surface area contributed by atoms with E-state index in [2.05, 4.69) is 10.6 Å². The molecule has 146 valence electrons. The maximum absolute atomic E-state index is 12.6. The predicted octanol–water partition coefficient (Wildman–Crippen LogP) is 3.73. The molecule has 6 nitrogen and oxygen atoms in total. The number of halogens is 1. The summed E-state index contributed by atoms with van der Waals surface area (Å²) in [6.07, 6.45) is 0. The maximum atomic E-state index is 12.6. The van der Waals surface area contributed by atoms with Gasteiger partial charge >= 0.3 is 0 Å². The number of aryl methyl sites for hydroxylation is 1. The molecular formula is C19H24ClN3O3S. The van der Waals surface area contributed by atoms with Crippen molar-refractivity contribution in [3.05, 3.63) is 53.1 Å². The average Bonchev–Trinajstić information content (AvgIpc) is 2.63. The zero-order valence-electron chi connectivity index (χ0n) is 15.6. The van der Waals surface area contributed by atoms with E-state index >= 15 is 0 Å². The van der Waals surface area contributed by atoms with E-state index in [0.717, 1.165) is 5.56 Å².